The Labute approximate surface area is 138 Å². The highest BCUT2D eigenvalue weighted by molar-refractivity contribution is 7.13. The third-order valence-electron chi connectivity index (χ3n) is 3.56. The van der Waals surface area contributed by atoms with Crippen LogP contribution < -0.4 is 10.1 Å². The summed E-state index contributed by atoms with van der Waals surface area (Å²) < 4.78 is 11.1. The maximum absolute atomic E-state index is 12.3. The van der Waals surface area contributed by atoms with Gasteiger partial charge >= 0.3 is 0 Å². The first-order valence-electron chi connectivity index (χ1n) is 7.61. The Hall–Kier alpha value is -1.99. The number of pyridine rings is 1. The molecule has 1 amide bonds. The standard InChI is InChI=1S/C16H19N3O3S/c1-11-15(16(20)18-9-13-5-3-7-21-13)23-14(19-11)10-22-12-4-2-6-17-8-12/h2,4,6,8,13H,3,5,7,9-10H2,1H3,(H,18,20). The molecular formula is C16H19N3O3S. The fraction of sp³-hybridized carbons (Fsp3) is 0.438. The van der Waals surface area contributed by atoms with Gasteiger partial charge in [-0.1, -0.05) is 0 Å². The number of aryl methyl sites for hydroxylation is 1. The zero-order valence-corrected chi connectivity index (χ0v) is 13.8. The van der Waals surface area contributed by atoms with Crippen molar-refractivity contribution < 1.29 is 14.3 Å². The van der Waals surface area contributed by atoms with Crippen molar-refractivity contribution in [2.75, 3.05) is 13.2 Å². The predicted octanol–water partition coefficient (Wildman–Crippen LogP) is 2.33. The molecule has 1 saturated heterocycles. The van der Waals surface area contributed by atoms with Crippen LogP contribution in [-0.2, 0) is 11.3 Å². The Morgan fingerprint density at radius 2 is 2.48 bits per heavy atom. The van der Waals surface area contributed by atoms with E-state index in [9.17, 15) is 4.79 Å². The van der Waals surface area contributed by atoms with Gasteiger partial charge in [-0.15, -0.1) is 11.3 Å². The predicted molar refractivity (Wildman–Crippen MR) is 86.7 cm³/mol. The Morgan fingerprint density at radius 1 is 1.57 bits per heavy atom. The van der Waals surface area contributed by atoms with Gasteiger partial charge in [0, 0.05) is 19.3 Å². The van der Waals surface area contributed by atoms with Gasteiger partial charge in [-0.2, -0.15) is 0 Å². The number of hydrogen-bond acceptors (Lipinski definition) is 6. The molecule has 0 bridgehead atoms. The molecule has 2 aromatic heterocycles. The quantitative estimate of drug-likeness (QED) is 0.878. The fourth-order valence-corrected chi connectivity index (χ4v) is 3.29. The molecule has 1 N–H and O–H groups in total. The maximum atomic E-state index is 12.3. The molecule has 0 spiro atoms. The van der Waals surface area contributed by atoms with Gasteiger partial charge in [-0.25, -0.2) is 4.98 Å². The van der Waals surface area contributed by atoms with Crippen LogP contribution in [0.4, 0.5) is 0 Å². The highest BCUT2D eigenvalue weighted by atomic mass is 32.1. The van der Waals surface area contributed by atoms with Crippen molar-refractivity contribution in [2.24, 2.45) is 0 Å². The van der Waals surface area contributed by atoms with Gasteiger partial charge in [0.1, 0.15) is 22.2 Å². The van der Waals surface area contributed by atoms with E-state index in [1.54, 1.807) is 12.4 Å². The lowest BCUT2D eigenvalue weighted by molar-refractivity contribution is 0.0860. The first-order valence-corrected chi connectivity index (χ1v) is 8.43. The second kappa shape index (κ2) is 7.52. The lowest BCUT2D eigenvalue weighted by atomic mass is 10.2. The summed E-state index contributed by atoms with van der Waals surface area (Å²) >= 11 is 1.36. The molecule has 3 heterocycles. The number of thiazole rings is 1. The molecule has 122 valence electrons. The third-order valence-corrected chi connectivity index (χ3v) is 4.69. The minimum absolute atomic E-state index is 0.0943. The van der Waals surface area contributed by atoms with E-state index in [4.69, 9.17) is 9.47 Å². The van der Waals surface area contributed by atoms with Crippen LogP contribution in [0.1, 0.15) is 33.2 Å². The van der Waals surface area contributed by atoms with E-state index in [-0.39, 0.29) is 12.0 Å². The van der Waals surface area contributed by atoms with Crippen molar-refractivity contribution in [1.82, 2.24) is 15.3 Å². The summed E-state index contributed by atoms with van der Waals surface area (Å²) in [7, 11) is 0. The molecule has 1 unspecified atom stereocenters. The van der Waals surface area contributed by atoms with E-state index >= 15 is 0 Å². The van der Waals surface area contributed by atoms with E-state index in [2.05, 4.69) is 15.3 Å². The number of ether oxygens (including phenoxy) is 2. The molecule has 1 fully saturated rings. The van der Waals surface area contributed by atoms with Crippen LogP contribution in [-0.4, -0.2) is 35.1 Å². The molecule has 3 rings (SSSR count). The summed E-state index contributed by atoms with van der Waals surface area (Å²) in [6.45, 7) is 3.51. The Morgan fingerprint density at radius 3 is 3.22 bits per heavy atom. The second-order valence-electron chi connectivity index (χ2n) is 5.34. The van der Waals surface area contributed by atoms with Gasteiger partial charge in [0.25, 0.3) is 5.91 Å². The topological polar surface area (TPSA) is 73.3 Å². The number of aromatic nitrogens is 2. The minimum Gasteiger partial charge on any atom is -0.485 e. The smallest absolute Gasteiger partial charge is 0.263 e. The summed E-state index contributed by atoms with van der Waals surface area (Å²) in [6.07, 6.45) is 5.55. The summed E-state index contributed by atoms with van der Waals surface area (Å²) in [5.74, 6) is 0.591. The fourth-order valence-electron chi connectivity index (χ4n) is 2.39. The molecular weight excluding hydrogens is 314 g/mol. The lowest BCUT2D eigenvalue weighted by Gasteiger charge is -2.09. The molecule has 0 radical (unpaired) electrons. The van der Waals surface area contributed by atoms with E-state index in [0.717, 1.165) is 30.2 Å². The zero-order valence-electron chi connectivity index (χ0n) is 12.9. The van der Waals surface area contributed by atoms with Gasteiger partial charge in [-0.05, 0) is 31.9 Å². The number of nitrogens with zero attached hydrogens (tertiary/aromatic N) is 2. The first-order chi connectivity index (χ1) is 11.2. The highest BCUT2D eigenvalue weighted by Crippen LogP contribution is 2.20. The molecule has 0 aromatic carbocycles. The normalized spacial score (nSPS) is 17.2. The van der Waals surface area contributed by atoms with Gasteiger partial charge in [-0.3, -0.25) is 9.78 Å². The van der Waals surface area contributed by atoms with Crippen molar-refractivity contribution in [2.45, 2.75) is 32.5 Å². The van der Waals surface area contributed by atoms with Crippen LogP contribution in [0.3, 0.4) is 0 Å². The Kier molecular flexibility index (Phi) is 5.19. The van der Waals surface area contributed by atoms with Crippen LogP contribution in [0.25, 0.3) is 0 Å². The molecule has 1 aliphatic heterocycles. The summed E-state index contributed by atoms with van der Waals surface area (Å²) in [6, 6.07) is 3.65. The largest absolute Gasteiger partial charge is 0.485 e. The Bertz CT molecular complexity index is 654. The van der Waals surface area contributed by atoms with Crippen molar-refractivity contribution in [3.8, 4) is 5.75 Å². The van der Waals surface area contributed by atoms with Crippen LogP contribution in [0.2, 0.25) is 0 Å². The number of hydrogen-bond donors (Lipinski definition) is 1. The number of rotatable bonds is 6. The summed E-state index contributed by atoms with van der Waals surface area (Å²) in [4.78, 5) is 21.3. The highest BCUT2D eigenvalue weighted by Gasteiger charge is 2.19. The molecule has 23 heavy (non-hydrogen) atoms. The number of carbonyl (C=O) groups is 1. The van der Waals surface area contributed by atoms with Gasteiger partial charge in [0.2, 0.25) is 0 Å². The molecule has 2 aromatic rings. The van der Waals surface area contributed by atoms with Crippen LogP contribution in [0.5, 0.6) is 5.75 Å². The van der Waals surface area contributed by atoms with E-state index < -0.39 is 0 Å². The number of carbonyl (C=O) groups excluding carboxylic acids is 1. The summed E-state index contributed by atoms with van der Waals surface area (Å²) in [5.41, 5.74) is 0.727. The van der Waals surface area contributed by atoms with Gasteiger partial charge in [0.15, 0.2) is 0 Å². The summed E-state index contributed by atoms with van der Waals surface area (Å²) in [5, 5.41) is 3.70. The van der Waals surface area contributed by atoms with Crippen LogP contribution in [0, 0.1) is 6.92 Å². The maximum Gasteiger partial charge on any atom is 0.263 e. The zero-order chi connectivity index (χ0) is 16.1. The SMILES string of the molecule is Cc1nc(COc2cccnc2)sc1C(=O)NCC1CCCO1. The van der Waals surface area contributed by atoms with Crippen LogP contribution >= 0.6 is 11.3 Å². The van der Waals surface area contributed by atoms with Gasteiger partial charge < -0.3 is 14.8 Å². The average molecular weight is 333 g/mol. The monoisotopic (exact) mass is 333 g/mol. The van der Waals surface area contributed by atoms with Crippen LogP contribution in [0.15, 0.2) is 24.5 Å². The molecule has 0 saturated carbocycles. The average Bonchev–Trinajstić information content (AvgIpc) is 3.21. The van der Waals surface area contributed by atoms with Crippen molar-refractivity contribution in [1.29, 1.82) is 0 Å². The first kappa shape index (κ1) is 15.9. The van der Waals surface area contributed by atoms with Crippen molar-refractivity contribution in [3.63, 3.8) is 0 Å². The third kappa shape index (κ3) is 4.27. The van der Waals surface area contributed by atoms with Crippen molar-refractivity contribution in [3.05, 3.63) is 40.1 Å². The molecule has 1 aliphatic rings. The van der Waals surface area contributed by atoms with E-state index in [1.807, 2.05) is 19.1 Å². The molecule has 1 atom stereocenters. The van der Waals surface area contributed by atoms with E-state index in [1.165, 1.54) is 11.3 Å². The second-order valence-corrected chi connectivity index (χ2v) is 6.43. The number of amides is 1. The lowest BCUT2D eigenvalue weighted by Crippen LogP contribution is -2.31. The van der Waals surface area contributed by atoms with E-state index in [0.29, 0.717) is 23.8 Å². The van der Waals surface area contributed by atoms with Gasteiger partial charge in [0.05, 0.1) is 18.0 Å². The Balaban J connectivity index is 1.55. The molecule has 7 heteroatoms. The minimum atomic E-state index is -0.0943. The number of nitrogens with one attached hydrogen (secondary N) is 1. The van der Waals surface area contributed by atoms with Crippen molar-refractivity contribution >= 4 is 17.2 Å². The molecule has 6 nitrogen and oxygen atoms in total. The molecule has 0 aliphatic carbocycles.